The lowest BCUT2D eigenvalue weighted by atomic mass is 10.0. The number of anilines is 1. The van der Waals surface area contributed by atoms with Gasteiger partial charge >= 0.3 is 0 Å². The van der Waals surface area contributed by atoms with Crippen LogP contribution in [0.25, 0.3) is 11.3 Å². The highest BCUT2D eigenvalue weighted by molar-refractivity contribution is 7.99. The molecule has 1 aliphatic heterocycles. The van der Waals surface area contributed by atoms with Crippen molar-refractivity contribution in [1.82, 2.24) is 10.1 Å². The number of nitrogens with zero attached hydrogens (tertiary/aromatic N) is 2. The average molecular weight is 474 g/mol. The smallest absolute Gasteiger partial charge is 0.261 e. The van der Waals surface area contributed by atoms with Crippen molar-refractivity contribution in [2.24, 2.45) is 0 Å². The minimum absolute atomic E-state index is 0.0149. The Balaban J connectivity index is 1.48. The van der Waals surface area contributed by atoms with Crippen molar-refractivity contribution in [1.29, 1.82) is 0 Å². The molecule has 3 aromatic rings. The van der Waals surface area contributed by atoms with Crippen molar-refractivity contribution in [2.45, 2.75) is 13.3 Å². The Morgan fingerprint density at radius 3 is 2.59 bits per heavy atom. The molecule has 0 unspecified atom stereocenters. The monoisotopic (exact) mass is 473 g/mol. The summed E-state index contributed by atoms with van der Waals surface area (Å²) in [4.78, 5) is 27.3. The summed E-state index contributed by atoms with van der Waals surface area (Å²) in [5, 5.41) is 6.77. The number of nitrogens with one attached hydrogen (secondary N) is 1. The van der Waals surface area contributed by atoms with Crippen LogP contribution >= 0.6 is 23.4 Å². The van der Waals surface area contributed by atoms with Crippen LogP contribution in [0.1, 0.15) is 21.7 Å². The summed E-state index contributed by atoms with van der Waals surface area (Å²) in [6.07, 6.45) is 0.319. The number of hydrogen-bond donors (Lipinski definition) is 1. The third-order valence-corrected chi connectivity index (χ3v) is 6.48. The van der Waals surface area contributed by atoms with Crippen LogP contribution in [0.5, 0.6) is 0 Å². The number of hydrogen-bond acceptors (Lipinski definition) is 5. The van der Waals surface area contributed by atoms with Crippen molar-refractivity contribution in [3.63, 3.8) is 0 Å². The van der Waals surface area contributed by atoms with Crippen LogP contribution in [0.2, 0.25) is 5.02 Å². The van der Waals surface area contributed by atoms with E-state index in [1.165, 1.54) is 18.2 Å². The Morgan fingerprint density at radius 2 is 1.91 bits per heavy atom. The van der Waals surface area contributed by atoms with E-state index in [4.69, 9.17) is 16.1 Å². The number of thioether (sulfide) groups is 1. The Bertz CT molecular complexity index is 1120. The molecule has 166 valence electrons. The molecule has 32 heavy (non-hydrogen) atoms. The molecule has 2 amide bonds. The van der Waals surface area contributed by atoms with E-state index in [-0.39, 0.29) is 33.5 Å². The molecule has 2 aromatic carbocycles. The maximum absolute atomic E-state index is 14.4. The van der Waals surface area contributed by atoms with Gasteiger partial charge in [-0.1, -0.05) is 35.0 Å². The van der Waals surface area contributed by atoms with Gasteiger partial charge in [0.1, 0.15) is 22.8 Å². The lowest BCUT2D eigenvalue weighted by molar-refractivity contribution is -0.130. The number of aromatic nitrogens is 1. The Labute approximate surface area is 194 Å². The lowest BCUT2D eigenvalue weighted by Gasteiger charge is -2.26. The highest BCUT2D eigenvalue weighted by Gasteiger charge is 2.25. The first kappa shape index (κ1) is 22.4. The minimum atomic E-state index is -0.596. The molecule has 9 heteroatoms. The van der Waals surface area contributed by atoms with Crippen molar-refractivity contribution < 1.29 is 18.5 Å². The predicted octanol–water partition coefficient (Wildman–Crippen LogP) is 4.81. The summed E-state index contributed by atoms with van der Waals surface area (Å²) in [6.45, 7) is 3.14. The third-order valence-electron chi connectivity index (χ3n) is 5.22. The first-order chi connectivity index (χ1) is 15.4. The van der Waals surface area contributed by atoms with E-state index in [0.717, 1.165) is 30.2 Å². The van der Waals surface area contributed by atoms with Gasteiger partial charge in [-0.25, -0.2) is 4.39 Å². The quantitative estimate of drug-likeness (QED) is 0.575. The van der Waals surface area contributed by atoms with Crippen LogP contribution in [0, 0.1) is 12.7 Å². The molecular formula is C23H21ClFN3O3S. The number of aryl methyl sites for hydroxylation is 1. The van der Waals surface area contributed by atoms with Crippen LogP contribution in [0.15, 0.2) is 47.0 Å². The molecule has 0 spiro atoms. The van der Waals surface area contributed by atoms with Gasteiger partial charge in [0.05, 0.1) is 17.0 Å². The number of amides is 2. The standard InChI is InChI=1S/C23H21ClFN3O3S/c1-14-20(22(27-31-14)21-17(24)3-2-4-18(21)25)23(30)26-16-7-5-15(6-8-16)13-19(29)28-9-11-32-12-10-28/h2-8H,9-13H2,1H3,(H,26,30). The summed E-state index contributed by atoms with van der Waals surface area (Å²) in [5.41, 5.74) is 1.57. The summed E-state index contributed by atoms with van der Waals surface area (Å²) in [5.74, 6) is 1.21. The average Bonchev–Trinajstić information content (AvgIpc) is 3.16. The zero-order chi connectivity index (χ0) is 22.7. The summed E-state index contributed by atoms with van der Waals surface area (Å²) >= 11 is 8.00. The molecular weight excluding hydrogens is 453 g/mol. The van der Waals surface area contributed by atoms with Crippen molar-refractivity contribution >= 4 is 40.9 Å². The SMILES string of the molecule is Cc1onc(-c2c(F)cccc2Cl)c1C(=O)Nc1ccc(CC(=O)N2CCSCC2)cc1. The second kappa shape index (κ2) is 9.75. The van der Waals surface area contributed by atoms with E-state index in [9.17, 15) is 14.0 Å². The molecule has 4 rings (SSSR count). The molecule has 6 nitrogen and oxygen atoms in total. The molecule has 2 heterocycles. The van der Waals surface area contributed by atoms with Gasteiger partial charge in [-0.3, -0.25) is 9.59 Å². The highest BCUT2D eigenvalue weighted by Crippen LogP contribution is 2.33. The van der Waals surface area contributed by atoms with Gasteiger partial charge in [-0.05, 0) is 36.8 Å². The number of benzene rings is 2. The summed E-state index contributed by atoms with van der Waals surface area (Å²) in [6, 6.07) is 11.3. The van der Waals surface area contributed by atoms with Gasteiger partial charge in [-0.2, -0.15) is 11.8 Å². The first-order valence-corrected chi connectivity index (χ1v) is 11.6. The number of carbonyl (C=O) groups is 2. The van der Waals surface area contributed by atoms with Gasteiger partial charge in [0.2, 0.25) is 5.91 Å². The second-order valence-corrected chi connectivity index (χ2v) is 9.01. The van der Waals surface area contributed by atoms with Crippen molar-refractivity contribution in [3.8, 4) is 11.3 Å². The third kappa shape index (κ3) is 4.81. The van der Waals surface area contributed by atoms with Gasteiger partial charge in [-0.15, -0.1) is 0 Å². The maximum atomic E-state index is 14.4. The van der Waals surface area contributed by atoms with E-state index in [2.05, 4.69) is 10.5 Å². The minimum Gasteiger partial charge on any atom is -0.360 e. The van der Waals surface area contributed by atoms with Gasteiger partial charge in [0.25, 0.3) is 5.91 Å². The van der Waals surface area contributed by atoms with Crippen molar-refractivity contribution in [3.05, 3.63) is 70.2 Å². The molecule has 0 radical (unpaired) electrons. The Morgan fingerprint density at radius 1 is 1.19 bits per heavy atom. The maximum Gasteiger partial charge on any atom is 0.261 e. The summed E-state index contributed by atoms with van der Waals surface area (Å²) < 4.78 is 19.5. The van der Waals surface area contributed by atoms with Crippen LogP contribution in [0.4, 0.5) is 10.1 Å². The lowest BCUT2D eigenvalue weighted by Crippen LogP contribution is -2.38. The molecule has 0 aliphatic carbocycles. The van der Waals surface area contributed by atoms with Crippen molar-refractivity contribution in [2.75, 3.05) is 29.9 Å². The van der Waals surface area contributed by atoms with E-state index < -0.39 is 11.7 Å². The normalized spacial score (nSPS) is 13.8. The fraction of sp³-hybridized carbons (Fsp3) is 0.261. The Kier molecular flexibility index (Phi) is 6.81. The second-order valence-electron chi connectivity index (χ2n) is 7.38. The molecule has 1 saturated heterocycles. The van der Waals surface area contributed by atoms with E-state index in [1.54, 1.807) is 31.2 Å². The molecule has 1 N–H and O–H groups in total. The first-order valence-electron chi connectivity index (χ1n) is 10.1. The molecule has 0 saturated carbocycles. The fourth-order valence-corrected chi connectivity index (χ4v) is 4.69. The molecule has 0 atom stereocenters. The number of carbonyl (C=O) groups excluding carboxylic acids is 2. The Hall–Kier alpha value is -2.84. The highest BCUT2D eigenvalue weighted by atomic mass is 35.5. The molecule has 1 fully saturated rings. The van der Waals surface area contributed by atoms with Crippen LogP contribution in [0.3, 0.4) is 0 Å². The van der Waals surface area contributed by atoms with E-state index >= 15 is 0 Å². The molecule has 1 aliphatic rings. The number of rotatable bonds is 5. The zero-order valence-corrected chi connectivity index (χ0v) is 18.9. The molecule has 0 bridgehead atoms. The van der Waals surface area contributed by atoms with Crippen LogP contribution in [-0.4, -0.2) is 46.5 Å². The topological polar surface area (TPSA) is 75.4 Å². The van der Waals surface area contributed by atoms with E-state index in [0.29, 0.717) is 12.1 Å². The molecule has 1 aromatic heterocycles. The predicted molar refractivity (Wildman–Crippen MR) is 124 cm³/mol. The van der Waals surface area contributed by atoms with Crippen LogP contribution in [-0.2, 0) is 11.2 Å². The largest absolute Gasteiger partial charge is 0.360 e. The van der Waals surface area contributed by atoms with Crippen LogP contribution < -0.4 is 5.32 Å². The van der Waals surface area contributed by atoms with Gasteiger partial charge in [0, 0.05) is 30.3 Å². The fourth-order valence-electron chi connectivity index (χ4n) is 3.53. The van der Waals surface area contributed by atoms with Gasteiger partial charge < -0.3 is 14.7 Å². The number of halogens is 2. The van der Waals surface area contributed by atoms with E-state index in [1.807, 2.05) is 16.7 Å². The summed E-state index contributed by atoms with van der Waals surface area (Å²) in [7, 11) is 0. The zero-order valence-electron chi connectivity index (χ0n) is 17.4. The van der Waals surface area contributed by atoms with Gasteiger partial charge in [0.15, 0.2) is 0 Å².